The highest BCUT2D eigenvalue weighted by Gasteiger charge is 2.15. The van der Waals surface area contributed by atoms with Gasteiger partial charge in [0.25, 0.3) is 0 Å². The first-order valence-electron chi connectivity index (χ1n) is 6.34. The van der Waals surface area contributed by atoms with Crippen LogP contribution in [0, 0.1) is 12.8 Å². The Kier molecular flexibility index (Phi) is 4.16. The van der Waals surface area contributed by atoms with E-state index in [-0.39, 0.29) is 0 Å². The van der Waals surface area contributed by atoms with E-state index in [0.717, 1.165) is 24.3 Å². The molecular weight excluding hydrogens is 216 g/mol. The smallest absolute Gasteiger partial charge is 0.163 e. The summed E-state index contributed by atoms with van der Waals surface area (Å²) in [6.07, 6.45) is 8.68. The Hall–Kier alpha value is -0.630. The van der Waals surface area contributed by atoms with Crippen molar-refractivity contribution in [2.45, 2.75) is 51.9 Å². The molecule has 0 bridgehead atoms. The molecule has 0 spiro atoms. The second-order valence-electron chi connectivity index (χ2n) is 4.91. The predicted octanol–water partition coefficient (Wildman–Crippen LogP) is 4.60. The minimum atomic E-state index is 0.343. The first-order chi connectivity index (χ1) is 7.75. The van der Waals surface area contributed by atoms with Gasteiger partial charge in [0.2, 0.25) is 0 Å². The van der Waals surface area contributed by atoms with Gasteiger partial charge in [-0.1, -0.05) is 32.1 Å². The third-order valence-corrected chi connectivity index (χ3v) is 4.42. The largest absolute Gasteiger partial charge is 0.294 e. The van der Waals surface area contributed by atoms with Crippen LogP contribution in [0.5, 0.6) is 0 Å². The standard InChI is InChI=1S/C14H20OS/c1-11-9-13(10-16-11)14(15)8-7-12-5-3-2-4-6-12/h9-10,12H,2-8H2,1H3. The molecule has 2 heteroatoms. The van der Waals surface area contributed by atoms with Crippen LogP contribution in [0.2, 0.25) is 0 Å². The van der Waals surface area contributed by atoms with Gasteiger partial charge in [-0.15, -0.1) is 11.3 Å². The van der Waals surface area contributed by atoms with Crippen molar-refractivity contribution < 1.29 is 4.79 Å². The summed E-state index contributed by atoms with van der Waals surface area (Å²) in [5.41, 5.74) is 0.929. The number of aryl methyl sites for hydroxylation is 1. The van der Waals surface area contributed by atoms with Gasteiger partial charge in [-0.05, 0) is 25.3 Å². The van der Waals surface area contributed by atoms with Gasteiger partial charge < -0.3 is 0 Å². The van der Waals surface area contributed by atoms with Gasteiger partial charge in [-0.2, -0.15) is 0 Å². The third-order valence-electron chi connectivity index (χ3n) is 3.56. The highest BCUT2D eigenvalue weighted by Crippen LogP contribution is 2.28. The Labute approximate surface area is 102 Å². The quantitative estimate of drug-likeness (QED) is 0.698. The number of Topliss-reactive ketones (excluding diaryl/α,β-unsaturated/α-hetero) is 1. The SMILES string of the molecule is Cc1cc(C(=O)CCC2CCCCC2)cs1. The average molecular weight is 236 g/mol. The predicted molar refractivity (Wildman–Crippen MR) is 69.2 cm³/mol. The zero-order valence-corrected chi connectivity index (χ0v) is 10.8. The number of hydrogen-bond donors (Lipinski definition) is 0. The van der Waals surface area contributed by atoms with Gasteiger partial charge in [0.1, 0.15) is 0 Å². The van der Waals surface area contributed by atoms with E-state index >= 15 is 0 Å². The van der Waals surface area contributed by atoms with Gasteiger partial charge in [0.15, 0.2) is 5.78 Å². The fourth-order valence-electron chi connectivity index (χ4n) is 2.55. The molecule has 1 aliphatic carbocycles. The van der Waals surface area contributed by atoms with E-state index in [4.69, 9.17) is 0 Å². The van der Waals surface area contributed by atoms with E-state index in [1.54, 1.807) is 11.3 Å². The molecule has 0 radical (unpaired) electrons. The molecule has 1 fully saturated rings. The summed E-state index contributed by atoms with van der Waals surface area (Å²) in [6.45, 7) is 2.06. The summed E-state index contributed by atoms with van der Waals surface area (Å²) in [6, 6.07) is 2.02. The molecule has 0 atom stereocenters. The van der Waals surface area contributed by atoms with Crippen LogP contribution in [0.3, 0.4) is 0 Å². The maximum atomic E-state index is 11.9. The Bertz CT molecular complexity index is 347. The molecule has 88 valence electrons. The first-order valence-corrected chi connectivity index (χ1v) is 7.22. The van der Waals surface area contributed by atoms with E-state index in [1.165, 1.54) is 37.0 Å². The van der Waals surface area contributed by atoms with Crippen LogP contribution in [0.25, 0.3) is 0 Å². The minimum absolute atomic E-state index is 0.343. The van der Waals surface area contributed by atoms with E-state index in [9.17, 15) is 4.79 Å². The van der Waals surface area contributed by atoms with Crippen LogP contribution in [0.4, 0.5) is 0 Å². The fourth-order valence-corrected chi connectivity index (χ4v) is 3.25. The maximum absolute atomic E-state index is 11.9. The molecule has 1 aromatic rings. The van der Waals surface area contributed by atoms with E-state index in [1.807, 2.05) is 11.4 Å². The third kappa shape index (κ3) is 3.18. The monoisotopic (exact) mass is 236 g/mol. The average Bonchev–Trinajstić information content (AvgIpc) is 2.74. The maximum Gasteiger partial charge on any atom is 0.163 e. The summed E-state index contributed by atoms with van der Waals surface area (Å²) in [5, 5.41) is 2.00. The van der Waals surface area contributed by atoms with Crippen molar-refractivity contribution >= 4 is 17.1 Å². The molecule has 0 N–H and O–H groups in total. The van der Waals surface area contributed by atoms with Crippen molar-refractivity contribution in [3.05, 3.63) is 21.9 Å². The molecule has 1 aliphatic rings. The Morgan fingerprint density at radius 3 is 2.75 bits per heavy atom. The molecule has 0 aromatic carbocycles. The lowest BCUT2D eigenvalue weighted by atomic mass is 9.85. The number of thiophene rings is 1. The van der Waals surface area contributed by atoms with Crippen molar-refractivity contribution in [2.75, 3.05) is 0 Å². The number of carbonyl (C=O) groups excluding carboxylic acids is 1. The summed E-state index contributed by atoms with van der Waals surface area (Å²) < 4.78 is 0. The zero-order valence-electron chi connectivity index (χ0n) is 10.00. The lowest BCUT2D eigenvalue weighted by Crippen LogP contribution is -2.08. The molecule has 1 nitrogen and oxygen atoms in total. The minimum Gasteiger partial charge on any atom is -0.294 e. The molecule has 2 rings (SSSR count). The molecule has 0 aliphatic heterocycles. The topological polar surface area (TPSA) is 17.1 Å². The molecule has 0 amide bonds. The van der Waals surface area contributed by atoms with Crippen LogP contribution < -0.4 is 0 Å². The highest BCUT2D eigenvalue weighted by molar-refractivity contribution is 7.10. The molecular formula is C14H20OS. The molecule has 1 aromatic heterocycles. The van der Waals surface area contributed by atoms with Crippen molar-refractivity contribution in [1.29, 1.82) is 0 Å². The van der Waals surface area contributed by atoms with Crippen LogP contribution >= 0.6 is 11.3 Å². The first kappa shape index (κ1) is 11.8. The van der Waals surface area contributed by atoms with Crippen LogP contribution in [0.1, 0.15) is 60.2 Å². The highest BCUT2D eigenvalue weighted by atomic mass is 32.1. The van der Waals surface area contributed by atoms with E-state index in [2.05, 4.69) is 6.92 Å². The molecule has 1 saturated carbocycles. The van der Waals surface area contributed by atoms with Gasteiger partial charge in [0, 0.05) is 22.2 Å². The van der Waals surface area contributed by atoms with Crippen molar-refractivity contribution in [3.8, 4) is 0 Å². The van der Waals surface area contributed by atoms with Crippen molar-refractivity contribution in [3.63, 3.8) is 0 Å². The normalized spacial score (nSPS) is 17.6. The summed E-state index contributed by atoms with van der Waals surface area (Å²) in [7, 11) is 0. The zero-order chi connectivity index (χ0) is 11.4. The Morgan fingerprint density at radius 1 is 1.38 bits per heavy atom. The molecule has 1 heterocycles. The van der Waals surface area contributed by atoms with Crippen LogP contribution in [0.15, 0.2) is 11.4 Å². The van der Waals surface area contributed by atoms with Gasteiger partial charge in [0.05, 0.1) is 0 Å². The summed E-state index contributed by atoms with van der Waals surface area (Å²) in [4.78, 5) is 13.1. The van der Waals surface area contributed by atoms with Gasteiger partial charge >= 0.3 is 0 Å². The summed E-state index contributed by atoms with van der Waals surface area (Å²) in [5.74, 6) is 1.16. The lowest BCUT2D eigenvalue weighted by Gasteiger charge is -2.20. The summed E-state index contributed by atoms with van der Waals surface area (Å²) >= 11 is 1.67. The molecule has 0 unspecified atom stereocenters. The lowest BCUT2D eigenvalue weighted by molar-refractivity contribution is 0.0970. The molecule has 0 saturated heterocycles. The second-order valence-corrected chi connectivity index (χ2v) is 6.03. The van der Waals surface area contributed by atoms with E-state index in [0.29, 0.717) is 5.78 Å². The number of rotatable bonds is 4. The number of ketones is 1. The number of carbonyl (C=O) groups is 1. The van der Waals surface area contributed by atoms with Crippen molar-refractivity contribution in [1.82, 2.24) is 0 Å². The van der Waals surface area contributed by atoms with E-state index < -0.39 is 0 Å². The van der Waals surface area contributed by atoms with Gasteiger partial charge in [-0.3, -0.25) is 4.79 Å². The fraction of sp³-hybridized carbons (Fsp3) is 0.643. The second kappa shape index (κ2) is 5.62. The van der Waals surface area contributed by atoms with Crippen LogP contribution in [-0.2, 0) is 0 Å². The Morgan fingerprint density at radius 2 is 2.12 bits per heavy atom. The Balaban J connectivity index is 1.79. The van der Waals surface area contributed by atoms with Crippen molar-refractivity contribution in [2.24, 2.45) is 5.92 Å². The van der Waals surface area contributed by atoms with Gasteiger partial charge in [-0.25, -0.2) is 0 Å². The molecule has 16 heavy (non-hydrogen) atoms. The van der Waals surface area contributed by atoms with Crippen LogP contribution in [-0.4, -0.2) is 5.78 Å². The number of hydrogen-bond acceptors (Lipinski definition) is 2.